The molecule has 4 rings (SSSR count). The molecule has 0 saturated heterocycles. The molecule has 2 N–H and O–H groups in total. The molecule has 3 heterocycles. The van der Waals surface area contributed by atoms with E-state index in [-0.39, 0.29) is 5.91 Å². The quantitative estimate of drug-likeness (QED) is 0.745. The van der Waals surface area contributed by atoms with Crippen molar-refractivity contribution in [2.45, 2.75) is 11.4 Å². The zero-order valence-corrected chi connectivity index (χ0v) is 14.3. The molecule has 0 fully saturated rings. The van der Waals surface area contributed by atoms with Crippen LogP contribution in [0.2, 0.25) is 0 Å². The molecule has 0 spiro atoms. The molecule has 0 aliphatic carbocycles. The van der Waals surface area contributed by atoms with Gasteiger partial charge < -0.3 is 10.2 Å². The molecule has 24 heavy (non-hydrogen) atoms. The second kappa shape index (κ2) is 6.33. The Labute approximate surface area is 145 Å². The Morgan fingerprint density at radius 3 is 3.08 bits per heavy atom. The van der Waals surface area contributed by atoms with Crippen molar-refractivity contribution in [3.63, 3.8) is 0 Å². The number of aliphatic imine (C=N–C) groups is 1. The average molecular weight is 341 g/mol. The highest BCUT2D eigenvalue weighted by atomic mass is 32.2. The number of carbonyl (C=O) groups excluding carboxylic acids is 1. The molecule has 6 nitrogen and oxygen atoms in total. The van der Waals surface area contributed by atoms with Crippen molar-refractivity contribution in [3.8, 4) is 0 Å². The van der Waals surface area contributed by atoms with E-state index in [1.165, 1.54) is 10.5 Å². The van der Waals surface area contributed by atoms with E-state index in [4.69, 9.17) is 4.99 Å². The molecule has 3 aliphatic heterocycles. The smallest absolute Gasteiger partial charge is 0.252 e. The van der Waals surface area contributed by atoms with Gasteiger partial charge in [0.15, 0.2) is 5.82 Å². The molecule has 0 aromatic heterocycles. The van der Waals surface area contributed by atoms with Gasteiger partial charge in [-0.2, -0.15) is 0 Å². The number of hydrogen-bond acceptors (Lipinski definition) is 6. The first-order valence-electron chi connectivity index (χ1n) is 7.95. The van der Waals surface area contributed by atoms with Crippen LogP contribution in [0.5, 0.6) is 0 Å². The number of nitrogens with one attached hydrogen (secondary N) is 2. The van der Waals surface area contributed by atoms with Gasteiger partial charge in [-0.15, -0.1) is 11.8 Å². The first-order chi connectivity index (χ1) is 11.7. The maximum atomic E-state index is 12.4. The topological polar surface area (TPSA) is 60.0 Å². The Morgan fingerprint density at radius 2 is 2.17 bits per heavy atom. The van der Waals surface area contributed by atoms with E-state index in [9.17, 15) is 4.79 Å². The predicted molar refractivity (Wildman–Crippen MR) is 95.1 cm³/mol. The van der Waals surface area contributed by atoms with E-state index in [1.807, 2.05) is 24.3 Å². The first-order valence-corrected chi connectivity index (χ1v) is 8.94. The maximum absolute atomic E-state index is 12.4. The summed E-state index contributed by atoms with van der Waals surface area (Å²) in [6.07, 6.45) is 3.89. The molecule has 0 saturated carbocycles. The molecule has 3 aliphatic rings. The molecule has 1 aromatic rings. The second-order valence-electron chi connectivity index (χ2n) is 5.86. The van der Waals surface area contributed by atoms with Crippen LogP contribution in [0.1, 0.15) is 5.56 Å². The van der Waals surface area contributed by atoms with Crippen molar-refractivity contribution in [1.82, 2.24) is 20.7 Å². The van der Waals surface area contributed by atoms with Gasteiger partial charge in [0, 0.05) is 43.5 Å². The summed E-state index contributed by atoms with van der Waals surface area (Å²) in [6, 6.07) is 8.41. The van der Waals surface area contributed by atoms with E-state index in [0.29, 0.717) is 24.5 Å². The van der Waals surface area contributed by atoms with Crippen molar-refractivity contribution in [2.24, 2.45) is 4.99 Å². The van der Waals surface area contributed by atoms with E-state index in [1.54, 1.807) is 11.8 Å². The van der Waals surface area contributed by atoms with Crippen molar-refractivity contribution in [3.05, 3.63) is 53.5 Å². The predicted octanol–water partition coefficient (Wildman–Crippen LogP) is 1.30. The molecule has 0 atom stereocenters. The minimum atomic E-state index is -0.0471. The standard InChI is InChI=1S/C17H19N5OS/c1-21-11-12-4-2-3-5-14(12)24-9-7-18-17(23)13-10-19-22-8-6-15(21)20-16(13)22/h2-6,8,19H,7,9-11H2,1H3,(H,18,23). The summed E-state index contributed by atoms with van der Waals surface area (Å²) in [5, 5.41) is 4.82. The maximum Gasteiger partial charge on any atom is 0.252 e. The van der Waals surface area contributed by atoms with Crippen LogP contribution in [0.3, 0.4) is 0 Å². The van der Waals surface area contributed by atoms with Gasteiger partial charge in [-0.05, 0) is 17.7 Å². The molecule has 2 bridgehead atoms. The van der Waals surface area contributed by atoms with E-state index >= 15 is 0 Å². The summed E-state index contributed by atoms with van der Waals surface area (Å²) in [4.78, 5) is 20.5. The van der Waals surface area contributed by atoms with Crippen molar-refractivity contribution in [1.29, 1.82) is 0 Å². The summed E-state index contributed by atoms with van der Waals surface area (Å²) in [6.45, 7) is 1.92. The monoisotopic (exact) mass is 341 g/mol. The molecule has 124 valence electrons. The number of hydrazine groups is 1. The number of carbonyl (C=O) groups is 1. The minimum absolute atomic E-state index is 0.0471. The lowest BCUT2D eigenvalue weighted by atomic mass is 10.2. The highest BCUT2D eigenvalue weighted by molar-refractivity contribution is 7.99. The van der Waals surface area contributed by atoms with E-state index in [2.05, 4.69) is 39.9 Å². The summed E-state index contributed by atoms with van der Waals surface area (Å²) >= 11 is 1.78. The van der Waals surface area contributed by atoms with Crippen LogP contribution in [0.4, 0.5) is 0 Å². The van der Waals surface area contributed by atoms with Crippen LogP contribution in [-0.4, -0.2) is 47.5 Å². The SMILES string of the molecule is CN1Cc2ccccc2SCCNC(=O)C2=C3N=C1C=CN3NC2. The van der Waals surface area contributed by atoms with E-state index < -0.39 is 0 Å². The average Bonchev–Trinajstić information content (AvgIpc) is 3.02. The highest BCUT2D eigenvalue weighted by Gasteiger charge is 2.28. The highest BCUT2D eigenvalue weighted by Crippen LogP contribution is 2.26. The van der Waals surface area contributed by atoms with Crippen LogP contribution in [0, 0.1) is 0 Å². The number of likely N-dealkylation sites (N-methyl/N-ethyl adjacent to an activating group) is 1. The zero-order valence-electron chi connectivity index (χ0n) is 13.5. The van der Waals surface area contributed by atoms with Crippen LogP contribution >= 0.6 is 11.8 Å². The summed E-state index contributed by atoms with van der Waals surface area (Å²) in [5.41, 5.74) is 5.13. The largest absolute Gasteiger partial charge is 0.355 e. The summed E-state index contributed by atoms with van der Waals surface area (Å²) in [7, 11) is 2.03. The normalized spacial score (nSPS) is 20.7. The van der Waals surface area contributed by atoms with Crippen LogP contribution in [0.25, 0.3) is 0 Å². The summed E-state index contributed by atoms with van der Waals surface area (Å²) < 4.78 is 0. The van der Waals surface area contributed by atoms with E-state index in [0.717, 1.165) is 18.1 Å². The van der Waals surface area contributed by atoms with Gasteiger partial charge in [0.1, 0.15) is 5.84 Å². The van der Waals surface area contributed by atoms with Gasteiger partial charge in [-0.3, -0.25) is 9.80 Å². The number of benzene rings is 1. The number of nitrogens with zero attached hydrogens (tertiary/aromatic N) is 3. The van der Waals surface area contributed by atoms with Crippen molar-refractivity contribution < 1.29 is 4.79 Å². The zero-order chi connectivity index (χ0) is 16.5. The lowest BCUT2D eigenvalue weighted by Gasteiger charge is -2.25. The van der Waals surface area contributed by atoms with Gasteiger partial charge in [-0.1, -0.05) is 18.2 Å². The van der Waals surface area contributed by atoms with Gasteiger partial charge in [0.05, 0.1) is 5.57 Å². The van der Waals surface area contributed by atoms with Crippen LogP contribution in [0.15, 0.2) is 57.8 Å². The van der Waals surface area contributed by atoms with Gasteiger partial charge in [-0.25, -0.2) is 10.4 Å². The Balaban J connectivity index is 1.72. The Hall–Kier alpha value is -2.25. The van der Waals surface area contributed by atoms with Crippen molar-refractivity contribution in [2.75, 3.05) is 25.9 Å². The Bertz CT molecular complexity index is 770. The fourth-order valence-electron chi connectivity index (χ4n) is 2.93. The third kappa shape index (κ3) is 2.81. The van der Waals surface area contributed by atoms with Crippen LogP contribution in [-0.2, 0) is 11.3 Å². The third-order valence-electron chi connectivity index (χ3n) is 4.21. The van der Waals surface area contributed by atoms with Gasteiger partial charge >= 0.3 is 0 Å². The second-order valence-corrected chi connectivity index (χ2v) is 7.00. The number of hydrogen-bond donors (Lipinski definition) is 2. The first kappa shape index (κ1) is 15.3. The summed E-state index contributed by atoms with van der Waals surface area (Å²) in [5.74, 6) is 2.35. The fourth-order valence-corrected chi connectivity index (χ4v) is 3.85. The van der Waals surface area contributed by atoms with Crippen molar-refractivity contribution >= 4 is 23.5 Å². The lowest BCUT2D eigenvalue weighted by Crippen LogP contribution is -2.32. The number of rotatable bonds is 0. The number of fused-ring (bicyclic) bond motifs is 1. The molecule has 1 aromatic carbocycles. The molecular formula is C17H19N5OS. The van der Waals surface area contributed by atoms with Crippen LogP contribution < -0.4 is 10.7 Å². The number of amidine groups is 1. The van der Waals surface area contributed by atoms with Gasteiger partial charge in [0.2, 0.25) is 0 Å². The third-order valence-corrected chi connectivity index (χ3v) is 5.33. The Morgan fingerprint density at radius 1 is 1.29 bits per heavy atom. The molecule has 0 radical (unpaired) electrons. The Kier molecular flexibility index (Phi) is 4.03. The molecule has 0 unspecified atom stereocenters. The van der Waals surface area contributed by atoms with Gasteiger partial charge in [0.25, 0.3) is 5.91 Å². The molecular weight excluding hydrogens is 322 g/mol. The fraction of sp³-hybridized carbons (Fsp3) is 0.294. The lowest BCUT2D eigenvalue weighted by molar-refractivity contribution is -0.117. The number of amides is 1. The number of thioether (sulfide) groups is 1. The molecule has 7 heteroatoms. The minimum Gasteiger partial charge on any atom is -0.355 e. The molecule has 1 amide bonds.